The van der Waals surface area contributed by atoms with Crippen LogP contribution in [0.4, 0.5) is 0 Å². The molecule has 146 valence electrons. The van der Waals surface area contributed by atoms with Gasteiger partial charge in [-0.05, 0) is 70.8 Å². The van der Waals surface area contributed by atoms with Crippen LogP contribution in [-0.2, 0) is 15.7 Å². The molecule has 2 aromatic carbocycles. The molecule has 27 heavy (non-hydrogen) atoms. The molecule has 1 fully saturated rings. The van der Waals surface area contributed by atoms with Crippen LogP contribution in [0.15, 0.2) is 48.5 Å². The highest BCUT2D eigenvalue weighted by atomic mass is 127. The standard InChI is InChI=1S/C20H25INO4P/c1-25-18-8-4-15(5-9-18)20(27(23)24)11-19-12-22-17(13-26-19)10-14-2-6-16(21)7-3-14/h2-9,17,19-20,22,27H,10-13H2,1H3,(H,23,24). The minimum atomic E-state index is -2.71. The van der Waals surface area contributed by atoms with Gasteiger partial charge < -0.3 is 19.7 Å². The lowest BCUT2D eigenvalue weighted by atomic mass is 10.0. The van der Waals surface area contributed by atoms with Crippen LogP contribution >= 0.6 is 30.6 Å². The highest BCUT2D eigenvalue weighted by molar-refractivity contribution is 14.1. The zero-order valence-electron chi connectivity index (χ0n) is 15.2. The molecular formula is C20H25INO4P. The number of hydrogen-bond acceptors (Lipinski definition) is 4. The summed E-state index contributed by atoms with van der Waals surface area (Å²) in [5, 5.41) is 3.53. The van der Waals surface area contributed by atoms with Gasteiger partial charge in [-0.2, -0.15) is 0 Å². The van der Waals surface area contributed by atoms with Gasteiger partial charge in [0.2, 0.25) is 0 Å². The molecule has 0 saturated carbocycles. The van der Waals surface area contributed by atoms with Gasteiger partial charge in [0.25, 0.3) is 0 Å². The first-order valence-corrected chi connectivity index (χ1v) is 11.5. The molecule has 1 heterocycles. The fraction of sp³-hybridized carbons (Fsp3) is 0.400. The topological polar surface area (TPSA) is 67.8 Å². The van der Waals surface area contributed by atoms with E-state index < -0.39 is 13.7 Å². The molecule has 1 saturated heterocycles. The van der Waals surface area contributed by atoms with Gasteiger partial charge in [0.05, 0.1) is 25.5 Å². The number of methoxy groups -OCH3 is 1. The maximum absolute atomic E-state index is 11.9. The summed E-state index contributed by atoms with van der Waals surface area (Å²) in [7, 11) is -1.10. The largest absolute Gasteiger partial charge is 0.497 e. The van der Waals surface area contributed by atoms with E-state index in [0.717, 1.165) is 17.7 Å². The molecule has 3 rings (SSSR count). The molecule has 1 aliphatic heterocycles. The predicted molar refractivity (Wildman–Crippen MR) is 116 cm³/mol. The van der Waals surface area contributed by atoms with Gasteiger partial charge in [-0.1, -0.05) is 24.3 Å². The summed E-state index contributed by atoms with van der Waals surface area (Å²) >= 11 is 2.30. The van der Waals surface area contributed by atoms with Gasteiger partial charge in [-0.3, -0.25) is 4.57 Å². The highest BCUT2D eigenvalue weighted by Gasteiger charge is 2.27. The second-order valence-electron chi connectivity index (χ2n) is 6.79. The van der Waals surface area contributed by atoms with Crippen LogP contribution in [0.25, 0.3) is 0 Å². The lowest BCUT2D eigenvalue weighted by Gasteiger charge is -2.32. The molecule has 4 unspecified atom stereocenters. The molecule has 0 radical (unpaired) electrons. The Bertz CT molecular complexity index is 746. The smallest absolute Gasteiger partial charge is 0.196 e. The van der Waals surface area contributed by atoms with E-state index in [2.05, 4.69) is 52.2 Å². The van der Waals surface area contributed by atoms with Gasteiger partial charge in [0.15, 0.2) is 8.03 Å². The molecule has 0 spiro atoms. The summed E-state index contributed by atoms with van der Waals surface area (Å²) in [4.78, 5) is 9.83. The van der Waals surface area contributed by atoms with Crippen molar-refractivity contribution in [3.8, 4) is 5.75 Å². The van der Waals surface area contributed by atoms with Crippen molar-refractivity contribution in [3.05, 3.63) is 63.2 Å². The number of nitrogens with one attached hydrogen (secondary N) is 1. The third kappa shape index (κ3) is 6.03. The van der Waals surface area contributed by atoms with E-state index in [9.17, 15) is 9.46 Å². The van der Waals surface area contributed by atoms with Crippen molar-refractivity contribution in [1.82, 2.24) is 5.32 Å². The van der Waals surface area contributed by atoms with Crippen molar-refractivity contribution >= 4 is 30.6 Å². The molecule has 0 amide bonds. The minimum Gasteiger partial charge on any atom is -0.497 e. The summed E-state index contributed by atoms with van der Waals surface area (Å²) in [6, 6.07) is 16.2. The van der Waals surface area contributed by atoms with E-state index in [1.54, 1.807) is 7.11 Å². The highest BCUT2D eigenvalue weighted by Crippen LogP contribution is 2.42. The molecule has 4 atom stereocenters. The minimum absolute atomic E-state index is 0.0637. The van der Waals surface area contributed by atoms with E-state index in [1.807, 2.05) is 24.3 Å². The number of hydrogen-bond donors (Lipinski definition) is 2. The first kappa shape index (κ1) is 20.8. The summed E-state index contributed by atoms with van der Waals surface area (Å²) in [5.74, 6) is 0.740. The van der Waals surface area contributed by atoms with Gasteiger partial charge in [-0.25, -0.2) is 0 Å². The number of morpholine rings is 1. The lowest BCUT2D eigenvalue weighted by molar-refractivity contribution is -0.000756. The zero-order chi connectivity index (χ0) is 19.2. The number of ether oxygens (including phenoxy) is 2. The molecule has 0 aliphatic carbocycles. The predicted octanol–water partition coefficient (Wildman–Crippen LogP) is 3.80. The van der Waals surface area contributed by atoms with Gasteiger partial charge in [0, 0.05) is 16.2 Å². The van der Waals surface area contributed by atoms with Crippen molar-refractivity contribution in [2.75, 3.05) is 20.3 Å². The van der Waals surface area contributed by atoms with Crippen LogP contribution in [0.3, 0.4) is 0 Å². The number of rotatable bonds is 7. The molecule has 0 bridgehead atoms. The van der Waals surface area contributed by atoms with Gasteiger partial charge in [0.1, 0.15) is 5.75 Å². The third-order valence-corrected chi connectivity index (χ3v) is 6.76. The Balaban J connectivity index is 1.54. The van der Waals surface area contributed by atoms with E-state index >= 15 is 0 Å². The molecular weight excluding hydrogens is 476 g/mol. The number of halogens is 1. The first-order chi connectivity index (χ1) is 13.0. The molecule has 0 aromatic heterocycles. The maximum atomic E-state index is 11.9. The van der Waals surface area contributed by atoms with Crippen molar-refractivity contribution in [2.24, 2.45) is 0 Å². The van der Waals surface area contributed by atoms with Crippen LogP contribution < -0.4 is 10.1 Å². The van der Waals surface area contributed by atoms with Crippen molar-refractivity contribution in [1.29, 1.82) is 0 Å². The van der Waals surface area contributed by atoms with Crippen molar-refractivity contribution in [3.63, 3.8) is 0 Å². The van der Waals surface area contributed by atoms with Gasteiger partial charge >= 0.3 is 0 Å². The van der Waals surface area contributed by atoms with E-state index in [4.69, 9.17) is 9.47 Å². The zero-order valence-corrected chi connectivity index (χ0v) is 18.4. The fourth-order valence-corrected chi connectivity index (χ4v) is 4.64. The molecule has 1 aliphatic rings. The second-order valence-corrected chi connectivity index (χ2v) is 9.41. The Morgan fingerprint density at radius 2 is 1.96 bits per heavy atom. The molecule has 2 aromatic rings. The van der Waals surface area contributed by atoms with E-state index in [-0.39, 0.29) is 12.1 Å². The maximum Gasteiger partial charge on any atom is 0.196 e. The monoisotopic (exact) mass is 501 g/mol. The normalized spacial score (nSPS) is 22.2. The Morgan fingerprint density at radius 1 is 1.26 bits per heavy atom. The van der Waals surface area contributed by atoms with E-state index in [0.29, 0.717) is 19.6 Å². The average molecular weight is 501 g/mol. The second kappa shape index (κ2) is 10.0. The van der Waals surface area contributed by atoms with Crippen molar-refractivity contribution < 1.29 is 18.9 Å². The summed E-state index contributed by atoms with van der Waals surface area (Å²) in [6.45, 7) is 1.30. The van der Waals surface area contributed by atoms with Crippen LogP contribution in [0, 0.1) is 3.57 Å². The Kier molecular flexibility index (Phi) is 7.73. The van der Waals surface area contributed by atoms with Crippen LogP contribution in [0.1, 0.15) is 23.2 Å². The first-order valence-electron chi connectivity index (χ1n) is 9.01. The molecule has 2 N–H and O–H groups in total. The third-order valence-electron chi connectivity index (χ3n) is 4.88. The van der Waals surface area contributed by atoms with Gasteiger partial charge in [-0.15, -0.1) is 0 Å². The average Bonchev–Trinajstić information content (AvgIpc) is 2.69. The summed E-state index contributed by atoms with van der Waals surface area (Å²) in [5.41, 5.74) is 1.73. The number of benzene rings is 2. The summed E-state index contributed by atoms with van der Waals surface area (Å²) in [6.07, 6.45) is 1.39. The molecule has 5 nitrogen and oxygen atoms in total. The van der Waals surface area contributed by atoms with E-state index in [1.165, 1.54) is 9.13 Å². The molecule has 7 heteroatoms. The van der Waals surface area contributed by atoms with Crippen LogP contribution in [0.2, 0.25) is 0 Å². The lowest BCUT2D eigenvalue weighted by Crippen LogP contribution is -2.47. The van der Waals surface area contributed by atoms with Crippen LogP contribution in [-0.4, -0.2) is 37.3 Å². The Labute approximate surface area is 174 Å². The fourth-order valence-electron chi connectivity index (χ4n) is 3.33. The van der Waals surface area contributed by atoms with Crippen molar-refractivity contribution in [2.45, 2.75) is 30.6 Å². The SMILES string of the molecule is COc1ccc(C(CC2CNC(Cc3ccc(I)cc3)CO2)[PH](=O)O)cc1. The Morgan fingerprint density at radius 3 is 2.52 bits per heavy atom. The Hall–Kier alpha value is -0.920. The quantitative estimate of drug-likeness (QED) is 0.447. The van der Waals surface area contributed by atoms with Crippen LogP contribution in [0.5, 0.6) is 5.75 Å². The summed E-state index contributed by atoms with van der Waals surface area (Å²) < 4.78 is 24.3.